The number of para-hydroxylation sites is 1. The average Bonchev–Trinajstić information content (AvgIpc) is 2.50. The maximum absolute atomic E-state index is 11.9. The zero-order valence-electron chi connectivity index (χ0n) is 11.9. The van der Waals surface area contributed by atoms with E-state index in [4.69, 9.17) is 39.5 Å². The van der Waals surface area contributed by atoms with Crippen LogP contribution in [0.1, 0.15) is 0 Å². The van der Waals surface area contributed by atoms with Gasteiger partial charge in [-0.15, -0.1) is 0 Å². The van der Waals surface area contributed by atoms with E-state index in [0.717, 1.165) is 0 Å². The topological polar surface area (TPSA) is 95.9 Å². The van der Waals surface area contributed by atoms with Crippen LogP contribution in [-0.2, 0) is 9.36 Å². The summed E-state index contributed by atoms with van der Waals surface area (Å²) in [5.74, 6) is -0.669. The van der Waals surface area contributed by atoms with Crippen LogP contribution in [0.15, 0.2) is 36.4 Å². The molecule has 0 bridgehead atoms. The molecular formula is C14H11Cl3NO5P. The van der Waals surface area contributed by atoms with Gasteiger partial charge < -0.3 is 19.8 Å². The molecule has 0 heterocycles. The lowest BCUT2D eigenvalue weighted by atomic mass is 10.3. The molecule has 24 heavy (non-hydrogen) atoms. The SMILES string of the molecule is O=C(COc1ccccc1P(=O)(O)O)Nc1cc(Cl)c(Cl)cc1Cl. The highest BCUT2D eigenvalue weighted by Crippen LogP contribution is 2.37. The fourth-order valence-electron chi connectivity index (χ4n) is 1.77. The number of halogens is 3. The summed E-state index contributed by atoms with van der Waals surface area (Å²) in [5, 5.41) is 2.82. The highest BCUT2D eigenvalue weighted by atomic mass is 35.5. The smallest absolute Gasteiger partial charge is 0.359 e. The molecule has 0 saturated heterocycles. The molecule has 3 N–H and O–H groups in total. The first-order valence-electron chi connectivity index (χ1n) is 6.41. The van der Waals surface area contributed by atoms with Gasteiger partial charge in [0.1, 0.15) is 11.1 Å². The number of benzene rings is 2. The fourth-order valence-corrected chi connectivity index (χ4v) is 3.07. The van der Waals surface area contributed by atoms with E-state index >= 15 is 0 Å². The van der Waals surface area contributed by atoms with Crippen LogP contribution in [-0.4, -0.2) is 22.3 Å². The molecule has 0 aliphatic heterocycles. The summed E-state index contributed by atoms with van der Waals surface area (Å²) in [7, 11) is -4.51. The molecule has 1 amide bonds. The molecule has 2 aromatic rings. The Balaban J connectivity index is 2.08. The van der Waals surface area contributed by atoms with Gasteiger partial charge in [0.15, 0.2) is 6.61 Å². The second kappa shape index (κ2) is 7.74. The van der Waals surface area contributed by atoms with Crippen molar-refractivity contribution in [2.75, 3.05) is 11.9 Å². The van der Waals surface area contributed by atoms with Gasteiger partial charge in [0.2, 0.25) is 0 Å². The van der Waals surface area contributed by atoms with Crippen LogP contribution in [0.3, 0.4) is 0 Å². The predicted octanol–water partition coefficient (Wildman–Crippen LogP) is 3.47. The van der Waals surface area contributed by atoms with Crippen molar-refractivity contribution in [3.8, 4) is 5.75 Å². The first-order valence-corrected chi connectivity index (χ1v) is 9.15. The van der Waals surface area contributed by atoms with Gasteiger partial charge in [-0.2, -0.15) is 0 Å². The van der Waals surface area contributed by atoms with Gasteiger partial charge in [-0.25, -0.2) is 0 Å². The van der Waals surface area contributed by atoms with Crippen LogP contribution >= 0.6 is 42.4 Å². The number of amides is 1. The van der Waals surface area contributed by atoms with Crippen molar-refractivity contribution in [1.29, 1.82) is 0 Å². The van der Waals surface area contributed by atoms with Crippen molar-refractivity contribution >= 4 is 59.3 Å². The maximum Gasteiger partial charge on any atom is 0.359 e. The standard InChI is InChI=1S/C14H11Cl3NO5P/c15-8-5-10(17)11(6-9(8)16)18-14(19)7-23-12-3-1-2-4-13(12)24(20,21)22/h1-6H,7H2,(H,18,19)(H2,20,21,22). The Kier molecular flexibility index (Phi) is 6.15. The van der Waals surface area contributed by atoms with E-state index < -0.39 is 20.1 Å². The molecule has 0 unspecified atom stereocenters. The summed E-state index contributed by atoms with van der Waals surface area (Å²) in [6, 6.07) is 8.33. The summed E-state index contributed by atoms with van der Waals surface area (Å²) < 4.78 is 16.6. The summed E-state index contributed by atoms with van der Waals surface area (Å²) >= 11 is 17.6. The Bertz CT molecular complexity index is 824. The molecule has 0 aromatic heterocycles. The first kappa shape index (κ1) is 19.1. The van der Waals surface area contributed by atoms with Crippen molar-refractivity contribution < 1.29 is 23.9 Å². The maximum atomic E-state index is 11.9. The molecule has 2 rings (SSSR count). The van der Waals surface area contributed by atoms with Crippen molar-refractivity contribution in [2.24, 2.45) is 0 Å². The Labute approximate surface area is 152 Å². The van der Waals surface area contributed by atoms with Crippen molar-refractivity contribution in [3.05, 3.63) is 51.5 Å². The van der Waals surface area contributed by atoms with Gasteiger partial charge in [-0.1, -0.05) is 46.9 Å². The van der Waals surface area contributed by atoms with E-state index in [9.17, 15) is 19.1 Å². The predicted molar refractivity (Wildman–Crippen MR) is 93.7 cm³/mol. The van der Waals surface area contributed by atoms with Crippen LogP contribution < -0.4 is 15.4 Å². The second-order valence-electron chi connectivity index (χ2n) is 4.59. The normalized spacial score (nSPS) is 11.2. The van der Waals surface area contributed by atoms with Crippen LogP contribution in [0.25, 0.3) is 0 Å². The lowest BCUT2D eigenvalue weighted by Gasteiger charge is -2.13. The largest absolute Gasteiger partial charge is 0.483 e. The first-order chi connectivity index (χ1) is 11.2. The molecule has 0 atom stereocenters. The third kappa shape index (κ3) is 4.86. The van der Waals surface area contributed by atoms with Crippen LogP contribution in [0.5, 0.6) is 5.75 Å². The van der Waals surface area contributed by atoms with Crippen LogP contribution in [0.4, 0.5) is 5.69 Å². The molecule has 2 aromatic carbocycles. The number of carbonyl (C=O) groups is 1. The third-order valence-electron chi connectivity index (χ3n) is 2.82. The van der Waals surface area contributed by atoms with Gasteiger partial charge in [0.25, 0.3) is 5.91 Å². The van der Waals surface area contributed by atoms with E-state index in [1.807, 2.05) is 0 Å². The number of hydrogen-bond donors (Lipinski definition) is 3. The van der Waals surface area contributed by atoms with E-state index in [0.29, 0.717) is 0 Å². The second-order valence-corrected chi connectivity index (χ2v) is 7.39. The Morgan fingerprint density at radius 2 is 1.71 bits per heavy atom. The molecule has 0 aliphatic carbocycles. The fraction of sp³-hybridized carbons (Fsp3) is 0.0714. The molecule has 128 valence electrons. The van der Waals surface area contributed by atoms with Gasteiger partial charge in [0.05, 0.1) is 20.8 Å². The highest BCUT2D eigenvalue weighted by Gasteiger charge is 2.22. The highest BCUT2D eigenvalue weighted by molar-refractivity contribution is 7.60. The third-order valence-corrected chi connectivity index (χ3v) is 4.85. The van der Waals surface area contributed by atoms with Crippen molar-refractivity contribution in [2.45, 2.75) is 0 Å². The lowest BCUT2D eigenvalue weighted by Crippen LogP contribution is -2.22. The summed E-state index contributed by atoms with van der Waals surface area (Å²) in [5.41, 5.74) is 0.239. The van der Waals surface area contributed by atoms with Gasteiger partial charge >= 0.3 is 7.60 Å². The van der Waals surface area contributed by atoms with Crippen LogP contribution in [0, 0.1) is 0 Å². The molecule has 0 fully saturated rings. The minimum Gasteiger partial charge on any atom is -0.483 e. The summed E-state index contributed by atoms with van der Waals surface area (Å²) in [6.07, 6.45) is 0. The molecule has 0 aliphatic rings. The minimum atomic E-state index is -4.51. The van der Waals surface area contributed by atoms with Crippen molar-refractivity contribution in [3.63, 3.8) is 0 Å². The molecule has 10 heteroatoms. The van der Waals surface area contributed by atoms with Crippen LogP contribution in [0.2, 0.25) is 15.1 Å². The number of rotatable bonds is 5. The molecule has 0 spiro atoms. The van der Waals surface area contributed by atoms with E-state index in [2.05, 4.69) is 5.32 Å². The lowest BCUT2D eigenvalue weighted by molar-refractivity contribution is -0.118. The number of anilines is 1. The van der Waals surface area contributed by atoms with E-state index in [1.54, 1.807) is 0 Å². The monoisotopic (exact) mass is 409 g/mol. The summed E-state index contributed by atoms with van der Waals surface area (Å²) in [6.45, 7) is -0.479. The zero-order chi connectivity index (χ0) is 17.9. The molecular weight excluding hydrogens is 399 g/mol. The van der Waals surface area contributed by atoms with Crippen molar-refractivity contribution in [1.82, 2.24) is 0 Å². The summed E-state index contributed by atoms with van der Waals surface area (Å²) in [4.78, 5) is 30.4. The average molecular weight is 411 g/mol. The Morgan fingerprint density at radius 1 is 1.08 bits per heavy atom. The number of nitrogens with one attached hydrogen (secondary N) is 1. The number of carbonyl (C=O) groups excluding carboxylic acids is 1. The number of hydrogen-bond acceptors (Lipinski definition) is 3. The van der Waals surface area contributed by atoms with Gasteiger partial charge in [-0.05, 0) is 24.3 Å². The van der Waals surface area contributed by atoms with E-state index in [-0.39, 0.29) is 31.8 Å². The molecule has 0 saturated carbocycles. The zero-order valence-corrected chi connectivity index (χ0v) is 15.0. The minimum absolute atomic E-state index is 0.0822. The Hall–Kier alpha value is -1.27. The van der Waals surface area contributed by atoms with Gasteiger partial charge in [0, 0.05) is 0 Å². The number of ether oxygens (including phenoxy) is 1. The molecule has 6 nitrogen and oxygen atoms in total. The molecule has 0 radical (unpaired) electrons. The van der Waals surface area contributed by atoms with E-state index in [1.165, 1.54) is 36.4 Å². The Morgan fingerprint density at radius 3 is 2.38 bits per heavy atom. The van der Waals surface area contributed by atoms with Gasteiger partial charge in [-0.3, -0.25) is 9.36 Å². The quantitative estimate of drug-likeness (QED) is 0.518.